The Kier molecular flexibility index (Phi) is 7.85. The van der Waals surface area contributed by atoms with Crippen molar-refractivity contribution in [3.63, 3.8) is 0 Å². The van der Waals surface area contributed by atoms with Gasteiger partial charge in [0.2, 0.25) is 11.8 Å². The zero-order valence-electron chi connectivity index (χ0n) is 17.8. The van der Waals surface area contributed by atoms with Gasteiger partial charge >= 0.3 is 0 Å². The lowest BCUT2D eigenvalue weighted by atomic mass is 9.98. The van der Waals surface area contributed by atoms with E-state index in [9.17, 15) is 14.0 Å². The first kappa shape index (κ1) is 22.3. The third kappa shape index (κ3) is 6.29. The lowest BCUT2D eigenvalue weighted by Gasteiger charge is -2.29. The summed E-state index contributed by atoms with van der Waals surface area (Å²) in [6.45, 7) is 5.59. The van der Waals surface area contributed by atoms with Crippen LogP contribution in [-0.4, -0.2) is 56.0 Å². The number of benzene rings is 1. The number of hydrogen-bond donors (Lipinski definition) is 3. The Labute approximate surface area is 178 Å². The van der Waals surface area contributed by atoms with Gasteiger partial charge in [0.05, 0.1) is 13.1 Å². The number of halogens is 1. The number of aryl methyl sites for hydroxylation is 1. The number of nitrogens with one attached hydrogen (secondary N) is 3. The van der Waals surface area contributed by atoms with E-state index < -0.39 is 0 Å². The zero-order chi connectivity index (χ0) is 21.5. The highest BCUT2D eigenvalue weighted by atomic mass is 19.1. The van der Waals surface area contributed by atoms with Crippen molar-refractivity contribution < 1.29 is 14.0 Å². The second-order valence-electron chi connectivity index (χ2n) is 8.33. The van der Waals surface area contributed by atoms with Gasteiger partial charge in [-0.05, 0) is 68.2 Å². The predicted octanol–water partition coefficient (Wildman–Crippen LogP) is 1.75. The summed E-state index contributed by atoms with van der Waals surface area (Å²) < 4.78 is 14.4. The molecule has 1 heterocycles. The maximum absolute atomic E-state index is 14.4. The third-order valence-corrected chi connectivity index (χ3v) is 5.90. The summed E-state index contributed by atoms with van der Waals surface area (Å²) in [4.78, 5) is 26.0. The molecule has 6 nitrogen and oxygen atoms in total. The molecule has 3 rings (SSSR count). The predicted molar refractivity (Wildman–Crippen MR) is 115 cm³/mol. The van der Waals surface area contributed by atoms with E-state index in [4.69, 9.17) is 0 Å². The van der Waals surface area contributed by atoms with Crippen LogP contribution in [0.15, 0.2) is 30.5 Å². The number of nitrogens with zero attached hydrogens (tertiary/aromatic N) is 1. The number of likely N-dealkylation sites (N-methyl/N-ethyl adjacent to an activating group) is 1. The Morgan fingerprint density at radius 1 is 1.07 bits per heavy atom. The third-order valence-electron chi connectivity index (χ3n) is 5.90. The molecule has 164 valence electrons. The molecule has 30 heavy (non-hydrogen) atoms. The maximum Gasteiger partial charge on any atom is 0.239 e. The summed E-state index contributed by atoms with van der Waals surface area (Å²) in [6.07, 6.45) is 5.22. The highest BCUT2D eigenvalue weighted by Crippen LogP contribution is 2.36. The molecule has 0 spiro atoms. The molecule has 0 aromatic heterocycles. The highest BCUT2D eigenvalue weighted by Gasteiger charge is 2.34. The van der Waals surface area contributed by atoms with Gasteiger partial charge < -0.3 is 20.9 Å². The van der Waals surface area contributed by atoms with Gasteiger partial charge in [0.15, 0.2) is 0 Å². The minimum absolute atomic E-state index is 0.0470. The Hall–Kier alpha value is -2.41. The Bertz CT molecular complexity index is 778. The van der Waals surface area contributed by atoms with E-state index in [1.807, 2.05) is 18.0 Å². The van der Waals surface area contributed by atoms with Crippen molar-refractivity contribution in [2.75, 3.05) is 33.2 Å². The van der Waals surface area contributed by atoms with Crippen LogP contribution in [0.3, 0.4) is 0 Å². The van der Waals surface area contributed by atoms with Crippen molar-refractivity contribution in [2.45, 2.75) is 44.6 Å². The summed E-state index contributed by atoms with van der Waals surface area (Å²) in [5.41, 5.74) is 2.66. The molecule has 1 atom stereocenters. The molecule has 1 aliphatic heterocycles. The summed E-state index contributed by atoms with van der Waals surface area (Å²) in [5.74, 6) is -0.0447. The molecule has 0 radical (unpaired) electrons. The van der Waals surface area contributed by atoms with Crippen LogP contribution >= 0.6 is 0 Å². The first-order valence-corrected chi connectivity index (χ1v) is 10.9. The van der Waals surface area contributed by atoms with Gasteiger partial charge in [-0.2, -0.15) is 0 Å². The van der Waals surface area contributed by atoms with E-state index in [0.717, 1.165) is 49.1 Å². The maximum atomic E-state index is 14.4. The molecule has 1 aromatic rings. The van der Waals surface area contributed by atoms with Crippen LogP contribution < -0.4 is 16.0 Å². The average Bonchev–Trinajstić information content (AvgIpc) is 3.55. The van der Waals surface area contributed by atoms with Crippen LogP contribution in [0.5, 0.6) is 0 Å². The fourth-order valence-corrected chi connectivity index (χ4v) is 3.98. The largest absolute Gasteiger partial charge is 0.368 e. The number of carbonyl (C=O) groups excluding carboxylic acids is 2. The van der Waals surface area contributed by atoms with Crippen LogP contribution in [0, 0.1) is 11.7 Å². The fourth-order valence-electron chi connectivity index (χ4n) is 3.98. The van der Waals surface area contributed by atoms with Crippen molar-refractivity contribution in [3.8, 4) is 0 Å². The second kappa shape index (κ2) is 10.6. The first-order valence-electron chi connectivity index (χ1n) is 10.9. The van der Waals surface area contributed by atoms with Crippen LogP contribution in [0.2, 0.25) is 0 Å². The van der Waals surface area contributed by atoms with Gasteiger partial charge in [0.1, 0.15) is 5.82 Å². The van der Waals surface area contributed by atoms with Crippen molar-refractivity contribution in [3.05, 3.63) is 47.4 Å². The standard InChI is InChI=1S/C23H33FN4O2/c1-16-23(18-10-11-18)26-13-5-8-19-17(6-3-9-20(19)24)7-4-12-25-21(29)14-27-22(30)15-28(16)2/h3,6,9,18,23,26H,1,4-5,7-8,10-15H2,2H3,(H,25,29)(H,27,30). The molecule has 2 aliphatic rings. The summed E-state index contributed by atoms with van der Waals surface area (Å²) >= 11 is 0. The smallest absolute Gasteiger partial charge is 0.239 e. The van der Waals surface area contributed by atoms with Gasteiger partial charge in [0, 0.05) is 25.3 Å². The average molecular weight is 417 g/mol. The van der Waals surface area contributed by atoms with Gasteiger partial charge in [-0.1, -0.05) is 18.7 Å². The molecule has 3 N–H and O–H groups in total. The minimum atomic E-state index is -0.220. The quantitative estimate of drug-likeness (QED) is 0.652. The van der Waals surface area contributed by atoms with Gasteiger partial charge in [-0.3, -0.25) is 9.59 Å². The zero-order valence-corrected chi connectivity index (χ0v) is 17.8. The molecule has 1 unspecified atom stereocenters. The van der Waals surface area contributed by atoms with E-state index >= 15 is 0 Å². The highest BCUT2D eigenvalue weighted by molar-refractivity contribution is 5.85. The number of carbonyl (C=O) groups is 2. The Morgan fingerprint density at radius 3 is 2.60 bits per heavy atom. The van der Waals surface area contributed by atoms with E-state index in [-0.39, 0.29) is 36.8 Å². The Morgan fingerprint density at radius 2 is 1.83 bits per heavy atom. The van der Waals surface area contributed by atoms with Crippen LogP contribution in [0.25, 0.3) is 0 Å². The van der Waals surface area contributed by atoms with Crippen LogP contribution in [0.4, 0.5) is 4.39 Å². The molecule has 2 amide bonds. The summed E-state index contributed by atoms with van der Waals surface area (Å²) in [5, 5.41) is 9.06. The number of amides is 2. The molecule has 1 fully saturated rings. The van der Waals surface area contributed by atoms with Crippen molar-refractivity contribution in [2.24, 2.45) is 5.92 Å². The molecule has 0 bridgehead atoms. The van der Waals surface area contributed by atoms with Crippen LogP contribution in [0.1, 0.15) is 36.8 Å². The number of hydrogen-bond acceptors (Lipinski definition) is 4. The molecular weight excluding hydrogens is 383 g/mol. The van der Waals surface area contributed by atoms with Gasteiger partial charge in [-0.15, -0.1) is 0 Å². The Balaban J connectivity index is 1.70. The summed E-state index contributed by atoms with van der Waals surface area (Å²) in [7, 11) is 1.85. The van der Waals surface area contributed by atoms with Gasteiger partial charge in [0.25, 0.3) is 0 Å². The molecule has 1 saturated carbocycles. The lowest BCUT2D eigenvalue weighted by molar-refractivity contribution is -0.126. The SMILES string of the molecule is C=C1C(C2CC2)NCCCc2c(F)cccc2CCCNC(=O)CNC(=O)CN1C. The van der Waals surface area contributed by atoms with E-state index in [1.54, 1.807) is 6.07 Å². The van der Waals surface area contributed by atoms with Crippen LogP contribution in [-0.2, 0) is 22.4 Å². The normalized spacial score (nSPS) is 23.1. The molecule has 7 heteroatoms. The van der Waals surface area contributed by atoms with Crippen molar-refractivity contribution >= 4 is 11.8 Å². The van der Waals surface area contributed by atoms with Crippen molar-refractivity contribution in [1.29, 1.82) is 0 Å². The summed E-state index contributed by atoms with van der Waals surface area (Å²) in [6, 6.07) is 5.35. The first-order chi connectivity index (χ1) is 14.5. The van der Waals surface area contributed by atoms with Crippen molar-refractivity contribution in [1.82, 2.24) is 20.9 Å². The van der Waals surface area contributed by atoms with E-state index in [0.29, 0.717) is 25.3 Å². The lowest BCUT2D eigenvalue weighted by Crippen LogP contribution is -2.44. The monoisotopic (exact) mass is 416 g/mol. The molecule has 0 saturated heterocycles. The minimum Gasteiger partial charge on any atom is -0.368 e. The van der Waals surface area contributed by atoms with Gasteiger partial charge in [-0.25, -0.2) is 4.39 Å². The topological polar surface area (TPSA) is 73.5 Å². The number of fused-ring (bicyclic) bond motifs is 1. The molecular formula is C23H33FN4O2. The second-order valence-corrected chi connectivity index (χ2v) is 8.33. The molecule has 1 aliphatic carbocycles. The fraction of sp³-hybridized carbons (Fsp3) is 0.565. The van der Waals surface area contributed by atoms with E-state index in [2.05, 4.69) is 22.5 Å². The molecule has 1 aromatic carbocycles. The number of rotatable bonds is 1. The van der Waals surface area contributed by atoms with E-state index in [1.165, 1.54) is 6.07 Å².